The summed E-state index contributed by atoms with van der Waals surface area (Å²) in [7, 11) is 0. The molecule has 8 heteroatoms. The maximum atomic E-state index is 6.37. The van der Waals surface area contributed by atoms with Crippen molar-refractivity contribution in [1.82, 2.24) is 0 Å². The van der Waals surface area contributed by atoms with E-state index in [2.05, 4.69) is 159 Å². The van der Waals surface area contributed by atoms with E-state index < -0.39 is 0 Å². The number of benzene rings is 5. The van der Waals surface area contributed by atoms with E-state index in [1.165, 1.54) is 76.4 Å². The molecule has 4 aliphatic heterocycles. The maximum Gasteiger partial charge on any atom is 0.264 e. The molecular formula is C50H53BN2O4S. The van der Waals surface area contributed by atoms with Gasteiger partial charge in [-0.05, 0) is 111 Å². The number of ether oxygens (including phenoxy) is 4. The van der Waals surface area contributed by atoms with E-state index in [9.17, 15) is 0 Å². The van der Waals surface area contributed by atoms with Crippen molar-refractivity contribution in [2.45, 2.75) is 92.4 Å². The number of thiophene rings is 1. The number of hydrogen-bond donors (Lipinski definition) is 0. The van der Waals surface area contributed by atoms with E-state index in [1.807, 2.05) is 11.3 Å². The fraction of sp³-hybridized carbons (Fsp3) is 0.360. The molecule has 0 unspecified atom stereocenters. The van der Waals surface area contributed by atoms with Crippen LogP contribution in [-0.2, 0) is 16.2 Å². The Morgan fingerprint density at radius 3 is 1.69 bits per heavy atom. The van der Waals surface area contributed by atoms with Gasteiger partial charge in [0.1, 0.15) is 26.4 Å². The standard InChI is InChI=1S/C50H53BN2O4S/c1-28-20-31(49(6,7)8)21-29(2)45(28)53-38-24-32(50(9,10)11)23-37-44(38)51(47-46(53)34-22-30(48(3,4)5)12-15-43(34)58-47)35-26-41-42(57-19-18-56-41)27-36(35)52(37)33-13-14-39-40(25-33)55-17-16-54-39/h12-15,20-27H,16-19H2,1-11H3. The van der Waals surface area contributed by atoms with Gasteiger partial charge in [0.2, 0.25) is 0 Å². The van der Waals surface area contributed by atoms with Crippen LogP contribution in [0.5, 0.6) is 23.0 Å². The van der Waals surface area contributed by atoms with Gasteiger partial charge in [-0.3, -0.25) is 0 Å². The lowest BCUT2D eigenvalue weighted by Gasteiger charge is -2.45. The summed E-state index contributed by atoms with van der Waals surface area (Å²) in [5, 5.41) is 1.30. The molecule has 1 aromatic heterocycles. The second kappa shape index (κ2) is 12.7. The van der Waals surface area contributed by atoms with Crippen LogP contribution in [0.3, 0.4) is 0 Å². The van der Waals surface area contributed by atoms with Gasteiger partial charge in [0, 0.05) is 44.1 Å². The normalized spacial score (nSPS) is 15.7. The molecule has 0 N–H and O–H groups in total. The third-order valence-corrected chi connectivity index (χ3v) is 13.6. The molecule has 6 nitrogen and oxygen atoms in total. The molecule has 0 saturated carbocycles. The molecule has 0 radical (unpaired) electrons. The third kappa shape index (κ3) is 5.72. The summed E-state index contributed by atoms with van der Waals surface area (Å²) in [4.78, 5) is 5.08. The first-order chi connectivity index (χ1) is 27.5. The van der Waals surface area contributed by atoms with Gasteiger partial charge < -0.3 is 28.7 Å². The highest BCUT2D eigenvalue weighted by Gasteiger charge is 2.47. The molecule has 0 fully saturated rings. The molecule has 10 rings (SSSR count). The number of anilines is 6. The Morgan fingerprint density at radius 2 is 1.07 bits per heavy atom. The van der Waals surface area contributed by atoms with Crippen molar-refractivity contribution in [3.63, 3.8) is 0 Å². The van der Waals surface area contributed by atoms with Crippen LogP contribution in [-0.4, -0.2) is 33.1 Å². The van der Waals surface area contributed by atoms with Crippen molar-refractivity contribution in [2.24, 2.45) is 0 Å². The van der Waals surface area contributed by atoms with Crippen LogP contribution in [0.2, 0.25) is 0 Å². The Kier molecular flexibility index (Phi) is 8.16. The summed E-state index contributed by atoms with van der Waals surface area (Å²) in [6, 6.07) is 27.8. The highest BCUT2D eigenvalue weighted by molar-refractivity contribution is 7.33. The Morgan fingerprint density at radius 1 is 0.517 bits per heavy atom. The van der Waals surface area contributed by atoms with Crippen LogP contribution >= 0.6 is 11.3 Å². The number of nitrogens with zero attached hydrogens (tertiary/aromatic N) is 2. The van der Waals surface area contributed by atoms with E-state index in [1.54, 1.807) is 0 Å². The van der Waals surface area contributed by atoms with Crippen molar-refractivity contribution in [3.8, 4) is 23.0 Å². The maximum absolute atomic E-state index is 6.37. The predicted octanol–water partition coefficient (Wildman–Crippen LogP) is 11.0. The van der Waals surface area contributed by atoms with Crippen LogP contribution in [0.25, 0.3) is 10.1 Å². The van der Waals surface area contributed by atoms with E-state index in [0.717, 1.165) is 34.4 Å². The third-order valence-electron chi connectivity index (χ3n) is 12.4. The van der Waals surface area contributed by atoms with Crippen LogP contribution in [0.15, 0.2) is 72.8 Å². The van der Waals surface area contributed by atoms with Crippen LogP contribution in [0.1, 0.15) is 90.1 Å². The predicted molar refractivity (Wildman–Crippen MR) is 243 cm³/mol. The van der Waals surface area contributed by atoms with Gasteiger partial charge in [0.05, 0.1) is 17.1 Å². The van der Waals surface area contributed by atoms with Crippen molar-refractivity contribution in [1.29, 1.82) is 0 Å². The second-order valence-electron chi connectivity index (χ2n) is 19.6. The van der Waals surface area contributed by atoms with Gasteiger partial charge in [0.25, 0.3) is 6.71 Å². The Hall–Kier alpha value is -5.08. The summed E-state index contributed by atoms with van der Waals surface area (Å²) in [6.07, 6.45) is 0. The first-order valence-corrected chi connectivity index (χ1v) is 21.6. The van der Waals surface area contributed by atoms with Gasteiger partial charge in [-0.2, -0.15) is 0 Å². The van der Waals surface area contributed by atoms with Gasteiger partial charge >= 0.3 is 0 Å². The average Bonchev–Trinajstić information content (AvgIpc) is 3.55. The van der Waals surface area contributed by atoms with Crippen LogP contribution in [0, 0.1) is 13.8 Å². The summed E-state index contributed by atoms with van der Waals surface area (Å²) >= 11 is 1.93. The van der Waals surface area contributed by atoms with Gasteiger partial charge in [0.15, 0.2) is 23.0 Å². The van der Waals surface area contributed by atoms with E-state index >= 15 is 0 Å². The minimum absolute atomic E-state index is 0.00878. The molecule has 0 amide bonds. The van der Waals surface area contributed by atoms with Gasteiger partial charge in [-0.1, -0.05) is 80.5 Å². The average molecular weight is 789 g/mol. The summed E-state index contributed by atoms with van der Waals surface area (Å²) in [5.74, 6) is 3.11. The number of hydrogen-bond acceptors (Lipinski definition) is 7. The van der Waals surface area contributed by atoms with Gasteiger partial charge in [-0.15, -0.1) is 11.3 Å². The topological polar surface area (TPSA) is 43.4 Å². The first kappa shape index (κ1) is 37.2. The summed E-state index contributed by atoms with van der Waals surface area (Å²) in [6.45, 7) is 27.5. The molecule has 5 heterocycles. The lowest BCUT2D eigenvalue weighted by Crippen LogP contribution is -2.60. The van der Waals surface area contributed by atoms with E-state index in [4.69, 9.17) is 18.9 Å². The Labute approximate surface area is 347 Å². The van der Waals surface area contributed by atoms with Crippen molar-refractivity contribution in [3.05, 3.63) is 101 Å². The molecule has 0 aliphatic carbocycles. The number of fused-ring (bicyclic) bond motifs is 8. The fourth-order valence-electron chi connectivity index (χ4n) is 9.34. The second-order valence-corrected chi connectivity index (χ2v) is 20.7. The highest BCUT2D eigenvalue weighted by Crippen LogP contribution is 2.52. The lowest BCUT2D eigenvalue weighted by molar-refractivity contribution is 0.171. The fourth-order valence-corrected chi connectivity index (χ4v) is 10.6. The first-order valence-electron chi connectivity index (χ1n) is 20.8. The molecule has 0 saturated heterocycles. The smallest absolute Gasteiger partial charge is 0.264 e. The number of aryl methyl sites for hydroxylation is 2. The number of rotatable bonds is 2. The van der Waals surface area contributed by atoms with Gasteiger partial charge in [-0.25, -0.2) is 0 Å². The van der Waals surface area contributed by atoms with Crippen LogP contribution < -0.4 is 44.4 Å². The van der Waals surface area contributed by atoms with Crippen molar-refractivity contribution in [2.75, 3.05) is 36.2 Å². The zero-order chi connectivity index (χ0) is 40.6. The molecular weight excluding hydrogens is 735 g/mol. The minimum Gasteiger partial charge on any atom is -0.486 e. The monoisotopic (exact) mass is 788 g/mol. The van der Waals surface area contributed by atoms with E-state index in [-0.39, 0.29) is 23.0 Å². The minimum atomic E-state index is -0.144. The van der Waals surface area contributed by atoms with Crippen molar-refractivity contribution >= 4 is 78.0 Å². The Balaban J connectivity index is 1.35. The van der Waals surface area contributed by atoms with Crippen molar-refractivity contribution < 1.29 is 18.9 Å². The molecule has 4 aliphatic rings. The van der Waals surface area contributed by atoms with E-state index in [0.29, 0.717) is 26.4 Å². The zero-order valence-electron chi connectivity index (χ0n) is 35.8. The lowest BCUT2D eigenvalue weighted by atomic mass is 9.36. The molecule has 296 valence electrons. The highest BCUT2D eigenvalue weighted by atomic mass is 32.1. The summed E-state index contributed by atoms with van der Waals surface area (Å²) in [5.41, 5.74) is 15.9. The summed E-state index contributed by atoms with van der Waals surface area (Å²) < 4.78 is 27.6. The molecule has 58 heavy (non-hydrogen) atoms. The molecule has 0 atom stereocenters. The molecule has 0 bridgehead atoms. The van der Waals surface area contributed by atoms with Crippen LogP contribution in [0.4, 0.5) is 34.1 Å². The molecule has 5 aromatic carbocycles. The largest absolute Gasteiger partial charge is 0.486 e. The Bertz CT molecular complexity index is 2670. The SMILES string of the molecule is Cc1cc(C(C)(C)C)cc(C)c1N1c2cc(C(C)(C)C)cc3c2B(c2cc4c(cc2N3c2ccc3c(c2)OCCO3)OCCO4)c2sc3ccc(C(C)(C)C)cc3c21. The quantitative estimate of drug-likeness (QED) is 0.163. The zero-order valence-corrected chi connectivity index (χ0v) is 36.6. The molecule has 6 aromatic rings. The molecule has 0 spiro atoms.